The average Bonchev–Trinajstić information content (AvgIpc) is 2.71. The summed E-state index contributed by atoms with van der Waals surface area (Å²) in [6.07, 6.45) is 2.38. The predicted octanol–water partition coefficient (Wildman–Crippen LogP) is 4.28. The van der Waals surface area contributed by atoms with E-state index >= 15 is 0 Å². The van der Waals surface area contributed by atoms with Gasteiger partial charge in [0.15, 0.2) is 0 Å². The molecule has 0 amide bonds. The molecule has 2 heterocycles. The molecule has 1 saturated heterocycles. The van der Waals surface area contributed by atoms with Crippen LogP contribution < -0.4 is 4.90 Å². The Morgan fingerprint density at radius 3 is 2.75 bits per heavy atom. The number of anilines is 1. The van der Waals surface area contributed by atoms with Crippen LogP contribution in [0, 0.1) is 5.92 Å². The summed E-state index contributed by atoms with van der Waals surface area (Å²) < 4.78 is 0. The van der Waals surface area contributed by atoms with Gasteiger partial charge in [-0.1, -0.05) is 48.1 Å². The maximum Gasteiger partial charge on any atom is 0.150 e. The Balaban J connectivity index is 2.24. The molecule has 1 aromatic rings. The van der Waals surface area contributed by atoms with E-state index < -0.39 is 0 Å². The van der Waals surface area contributed by atoms with E-state index in [1.165, 1.54) is 12.8 Å². The van der Waals surface area contributed by atoms with Crippen LogP contribution in [-0.2, 0) is 0 Å². The van der Waals surface area contributed by atoms with Crippen molar-refractivity contribution < 1.29 is 0 Å². The normalized spacial score (nSPS) is 20.5. The molecule has 0 bridgehead atoms. The topological polar surface area (TPSA) is 16.1 Å². The Morgan fingerprint density at radius 2 is 2.12 bits per heavy atom. The van der Waals surface area contributed by atoms with E-state index in [0.29, 0.717) is 15.2 Å². The van der Waals surface area contributed by atoms with Gasteiger partial charge in [0.25, 0.3) is 0 Å². The second-order valence-corrected chi connectivity index (χ2v) is 5.25. The lowest BCUT2D eigenvalue weighted by Gasteiger charge is -2.19. The summed E-state index contributed by atoms with van der Waals surface area (Å²) in [6.45, 7) is 4.20. The van der Waals surface area contributed by atoms with Crippen molar-refractivity contribution in [2.75, 3.05) is 18.0 Å². The van der Waals surface area contributed by atoms with Crippen LogP contribution in [0.25, 0.3) is 0 Å². The molecule has 1 aliphatic rings. The molecule has 2 rings (SSSR count). The minimum absolute atomic E-state index is 0.320. The molecule has 16 heavy (non-hydrogen) atoms. The quantitative estimate of drug-likeness (QED) is 0.751. The summed E-state index contributed by atoms with van der Waals surface area (Å²) in [5.41, 5.74) is 0. The molecule has 1 fully saturated rings. The third-order valence-corrected chi connectivity index (χ3v) is 3.98. The van der Waals surface area contributed by atoms with Crippen LogP contribution in [0.4, 0.5) is 5.82 Å². The van der Waals surface area contributed by atoms with Gasteiger partial charge in [-0.2, -0.15) is 0 Å². The van der Waals surface area contributed by atoms with Crippen LogP contribution in [0.15, 0.2) is 6.07 Å². The van der Waals surface area contributed by atoms with Crippen molar-refractivity contribution in [3.05, 3.63) is 21.3 Å². The number of halogens is 3. The third kappa shape index (κ3) is 2.39. The van der Waals surface area contributed by atoms with Crippen molar-refractivity contribution in [2.45, 2.75) is 19.8 Å². The number of hydrogen-bond acceptors (Lipinski definition) is 2. The number of aromatic nitrogens is 1. The van der Waals surface area contributed by atoms with Crippen molar-refractivity contribution in [1.29, 1.82) is 0 Å². The monoisotopic (exact) mass is 278 g/mol. The minimum atomic E-state index is 0.320. The van der Waals surface area contributed by atoms with Gasteiger partial charge >= 0.3 is 0 Å². The van der Waals surface area contributed by atoms with Gasteiger partial charge in [-0.25, -0.2) is 4.98 Å². The molecule has 1 aromatic heterocycles. The van der Waals surface area contributed by atoms with Gasteiger partial charge in [-0.05, 0) is 18.4 Å². The SMILES string of the molecule is CCC1CCN(c2nc(Cl)c(Cl)cc2Cl)C1. The molecular formula is C11H13Cl3N2. The molecule has 88 valence electrons. The van der Waals surface area contributed by atoms with Crippen molar-refractivity contribution in [1.82, 2.24) is 4.98 Å². The van der Waals surface area contributed by atoms with Crippen LogP contribution in [0.5, 0.6) is 0 Å². The first-order valence-corrected chi connectivity index (χ1v) is 6.51. The molecule has 1 aliphatic heterocycles. The zero-order valence-electron chi connectivity index (χ0n) is 9.01. The number of hydrogen-bond donors (Lipinski definition) is 0. The lowest BCUT2D eigenvalue weighted by Crippen LogP contribution is -2.21. The summed E-state index contributed by atoms with van der Waals surface area (Å²) in [5.74, 6) is 1.49. The number of pyridine rings is 1. The molecule has 0 radical (unpaired) electrons. The lowest BCUT2D eigenvalue weighted by molar-refractivity contribution is 0.569. The Labute approximate surface area is 111 Å². The van der Waals surface area contributed by atoms with E-state index in [9.17, 15) is 0 Å². The van der Waals surface area contributed by atoms with Crippen LogP contribution in [0.1, 0.15) is 19.8 Å². The van der Waals surface area contributed by atoms with Crippen LogP contribution >= 0.6 is 34.8 Å². The summed E-state index contributed by atoms with van der Waals surface area (Å²) in [6, 6.07) is 1.66. The standard InChI is InChI=1S/C11H13Cl3N2/c1-2-7-3-4-16(6-7)11-9(13)5-8(12)10(14)15-11/h5,7H,2-4,6H2,1H3. The molecule has 0 aromatic carbocycles. The van der Waals surface area contributed by atoms with Crippen molar-refractivity contribution in [3.8, 4) is 0 Å². The van der Waals surface area contributed by atoms with E-state index in [4.69, 9.17) is 34.8 Å². The largest absolute Gasteiger partial charge is 0.355 e. The zero-order chi connectivity index (χ0) is 11.7. The van der Waals surface area contributed by atoms with E-state index in [-0.39, 0.29) is 0 Å². The number of rotatable bonds is 2. The molecule has 0 spiro atoms. The number of nitrogens with zero attached hydrogens (tertiary/aromatic N) is 2. The van der Waals surface area contributed by atoms with Gasteiger partial charge in [0.2, 0.25) is 0 Å². The van der Waals surface area contributed by atoms with Crippen molar-refractivity contribution in [3.63, 3.8) is 0 Å². The molecule has 2 nitrogen and oxygen atoms in total. The first-order chi connectivity index (χ1) is 7.61. The molecule has 0 aliphatic carbocycles. The highest BCUT2D eigenvalue weighted by Crippen LogP contribution is 2.34. The van der Waals surface area contributed by atoms with Crippen LogP contribution in [0.3, 0.4) is 0 Å². The first-order valence-electron chi connectivity index (χ1n) is 5.38. The molecule has 0 saturated carbocycles. The van der Waals surface area contributed by atoms with Gasteiger partial charge in [0, 0.05) is 13.1 Å². The van der Waals surface area contributed by atoms with E-state index in [0.717, 1.165) is 24.8 Å². The second-order valence-electron chi connectivity index (χ2n) is 4.08. The predicted molar refractivity (Wildman–Crippen MR) is 69.9 cm³/mol. The van der Waals surface area contributed by atoms with E-state index in [1.807, 2.05) is 0 Å². The zero-order valence-corrected chi connectivity index (χ0v) is 11.3. The molecular weight excluding hydrogens is 266 g/mol. The van der Waals surface area contributed by atoms with E-state index in [2.05, 4.69) is 16.8 Å². The second kappa shape index (κ2) is 4.99. The highest BCUT2D eigenvalue weighted by molar-refractivity contribution is 6.42. The Morgan fingerprint density at radius 1 is 1.38 bits per heavy atom. The minimum Gasteiger partial charge on any atom is -0.355 e. The van der Waals surface area contributed by atoms with Gasteiger partial charge < -0.3 is 4.90 Å². The fourth-order valence-electron chi connectivity index (χ4n) is 2.02. The van der Waals surface area contributed by atoms with Gasteiger partial charge in [-0.3, -0.25) is 0 Å². The van der Waals surface area contributed by atoms with Crippen LogP contribution in [0.2, 0.25) is 15.2 Å². The lowest BCUT2D eigenvalue weighted by atomic mass is 10.1. The van der Waals surface area contributed by atoms with Gasteiger partial charge in [0.1, 0.15) is 11.0 Å². The van der Waals surface area contributed by atoms with Gasteiger partial charge in [-0.15, -0.1) is 0 Å². The summed E-state index contributed by atoms with van der Waals surface area (Å²) in [4.78, 5) is 6.43. The fraction of sp³-hybridized carbons (Fsp3) is 0.545. The molecule has 5 heteroatoms. The van der Waals surface area contributed by atoms with Crippen molar-refractivity contribution >= 4 is 40.6 Å². The highest BCUT2D eigenvalue weighted by Gasteiger charge is 2.24. The van der Waals surface area contributed by atoms with Crippen molar-refractivity contribution in [2.24, 2.45) is 5.92 Å². The van der Waals surface area contributed by atoms with Crippen LogP contribution in [-0.4, -0.2) is 18.1 Å². The Hall–Kier alpha value is -0.180. The molecule has 1 unspecified atom stereocenters. The Kier molecular flexibility index (Phi) is 3.83. The molecule has 0 N–H and O–H groups in total. The maximum atomic E-state index is 6.13. The summed E-state index contributed by atoms with van der Waals surface area (Å²) >= 11 is 17.9. The Bertz CT molecular complexity index is 395. The molecule has 1 atom stereocenters. The summed E-state index contributed by atoms with van der Waals surface area (Å²) in [7, 11) is 0. The van der Waals surface area contributed by atoms with E-state index in [1.54, 1.807) is 6.07 Å². The fourth-order valence-corrected chi connectivity index (χ4v) is 2.63. The smallest absolute Gasteiger partial charge is 0.150 e. The average molecular weight is 280 g/mol. The first kappa shape index (κ1) is 12.3. The summed E-state index contributed by atoms with van der Waals surface area (Å²) in [5, 5.41) is 1.30. The maximum absolute atomic E-state index is 6.13. The third-order valence-electron chi connectivity index (χ3n) is 3.03. The highest BCUT2D eigenvalue weighted by atomic mass is 35.5. The van der Waals surface area contributed by atoms with Gasteiger partial charge in [0.05, 0.1) is 10.0 Å².